The Bertz CT molecular complexity index is 389. The fourth-order valence-electron chi connectivity index (χ4n) is 1.64. The number of aromatic nitrogens is 3. The molecule has 1 aromatic heterocycles. The third kappa shape index (κ3) is 5.56. The van der Waals surface area contributed by atoms with Gasteiger partial charge in [0.2, 0.25) is 0 Å². The second kappa shape index (κ2) is 7.71. The summed E-state index contributed by atoms with van der Waals surface area (Å²) in [6.45, 7) is 12.7. The lowest BCUT2D eigenvalue weighted by Crippen LogP contribution is -2.32. The number of hydrogen-bond acceptors (Lipinski definition) is 5. The molecular weight excluding hydrogens is 254 g/mol. The zero-order chi connectivity index (χ0) is 15.2. The molecular formula is C14H29N5O. The molecule has 0 amide bonds. The summed E-state index contributed by atoms with van der Waals surface area (Å²) in [5.41, 5.74) is 0.444. The van der Waals surface area contributed by atoms with Crippen molar-refractivity contribution in [2.24, 2.45) is 0 Å². The Balaban J connectivity index is 2.51. The number of ether oxygens (including phenoxy) is 1. The molecule has 20 heavy (non-hydrogen) atoms. The molecule has 0 bridgehead atoms. The fourth-order valence-corrected chi connectivity index (χ4v) is 1.64. The summed E-state index contributed by atoms with van der Waals surface area (Å²) in [5.74, 6) is 0. The van der Waals surface area contributed by atoms with E-state index in [0.717, 1.165) is 18.8 Å². The van der Waals surface area contributed by atoms with E-state index in [-0.39, 0.29) is 0 Å². The topological polar surface area (TPSA) is 64.0 Å². The molecule has 1 rings (SSSR count). The molecule has 1 heterocycles. The molecule has 0 aliphatic carbocycles. The van der Waals surface area contributed by atoms with Gasteiger partial charge in [0.25, 0.3) is 0 Å². The van der Waals surface area contributed by atoms with Crippen molar-refractivity contribution in [3.8, 4) is 0 Å². The summed E-state index contributed by atoms with van der Waals surface area (Å²) in [7, 11) is 1.93. The number of likely N-dealkylation sites (N-methyl/N-ethyl adjacent to an activating group) is 1. The Kier molecular flexibility index (Phi) is 6.58. The second-order valence-electron chi connectivity index (χ2n) is 5.99. The van der Waals surface area contributed by atoms with Crippen LogP contribution in [0.3, 0.4) is 0 Å². The van der Waals surface area contributed by atoms with Crippen LogP contribution in [0.4, 0.5) is 0 Å². The van der Waals surface area contributed by atoms with Gasteiger partial charge >= 0.3 is 0 Å². The normalized spacial score (nSPS) is 13.9. The number of hydrogen-bond donors (Lipinski definition) is 2. The molecule has 0 aromatic carbocycles. The molecule has 1 unspecified atom stereocenters. The first-order chi connectivity index (χ1) is 9.35. The lowest BCUT2D eigenvalue weighted by Gasteiger charge is -2.24. The van der Waals surface area contributed by atoms with Crippen LogP contribution in [0.5, 0.6) is 0 Å². The van der Waals surface area contributed by atoms with Gasteiger partial charge in [-0.3, -0.25) is 4.68 Å². The van der Waals surface area contributed by atoms with Crippen LogP contribution in [0.25, 0.3) is 0 Å². The maximum Gasteiger partial charge on any atom is 0.114 e. The predicted octanol–water partition coefficient (Wildman–Crippen LogP) is 1.14. The van der Waals surface area contributed by atoms with Gasteiger partial charge in [-0.1, -0.05) is 19.1 Å². The highest BCUT2D eigenvalue weighted by molar-refractivity contribution is 5.04. The summed E-state index contributed by atoms with van der Waals surface area (Å²) in [6, 6.07) is 0.806. The van der Waals surface area contributed by atoms with E-state index in [1.54, 1.807) is 0 Å². The zero-order valence-electron chi connectivity index (χ0n) is 13.6. The van der Waals surface area contributed by atoms with Crippen molar-refractivity contribution in [3.05, 3.63) is 11.9 Å². The van der Waals surface area contributed by atoms with Crippen LogP contribution in [-0.4, -0.2) is 47.3 Å². The number of rotatable bonds is 9. The van der Waals surface area contributed by atoms with E-state index in [1.165, 1.54) is 0 Å². The van der Waals surface area contributed by atoms with E-state index >= 15 is 0 Å². The van der Waals surface area contributed by atoms with E-state index in [2.05, 4.69) is 41.7 Å². The smallest absolute Gasteiger partial charge is 0.114 e. The zero-order valence-corrected chi connectivity index (χ0v) is 13.6. The summed E-state index contributed by atoms with van der Waals surface area (Å²) >= 11 is 0. The van der Waals surface area contributed by atoms with Crippen molar-refractivity contribution in [1.82, 2.24) is 25.6 Å². The minimum absolute atomic E-state index is 0.319. The van der Waals surface area contributed by atoms with Gasteiger partial charge in [-0.25, -0.2) is 0 Å². The van der Waals surface area contributed by atoms with Gasteiger partial charge in [0.1, 0.15) is 11.3 Å². The number of nitrogens with one attached hydrogen (secondary N) is 2. The molecule has 6 nitrogen and oxygen atoms in total. The van der Waals surface area contributed by atoms with E-state index in [9.17, 15) is 0 Å². The van der Waals surface area contributed by atoms with Crippen LogP contribution in [-0.2, 0) is 16.9 Å². The molecule has 6 heteroatoms. The fraction of sp³-hybridized carbons (Fsp3) is 0.857. The van der Waals surface area contributed by atoms with Crippen molar-refractivity contribution in [3.63, 3.8) is 0 Å². The van der Waals surface area contributed by atoms with Crippen molar-refractivity contribution in [2.75, 3.05) is 20.2 Å². The predicted molar refractivity (Wildman–Crippen MR) is 80.7 cm³/mol. The standard InChI is InChI=1S/C14H29N5O/c1-11(2)16-7-8-19-9-13(17-18-19)14(4,5)20-10-12(3)15-6/h9,11-12,15-16H,7-8,10H2,1-6H3. The van der Waals surface area contributed by atoms with E-state index in [4.69, 9.17) is 4.74 Å². The van der Waals surface area contributed by atoms with Crippen molar-refractivity contribution in [2.45, 2.75) is 58.8 Å². The van der Waals surface area contributed by atoms with Crippen LogP contribution in [0.1, 0.15) is 40.3 Å². The van der Waals surface area contributed by atoms with Gasteiger partial charge in [0.05, 0.1) is 19.3 Å². The molecule has 0 spiro atoms. The molecule has 0 radical (unpaired) electrons. The summed E-state index contributed by atoms with van der Waals surface area (Å²) in [5, 5.41) is 14.9. The van der Waals surface area contributed by atoms with Crippen molar-refractivity contribution < 1.29 is 4.74 Å². The summed E-state index contributed by atoms with van der Waals surface area (Å²) in [4.78, 5) is 0. The summed E-state index contributed by atoms with van der Waals surface area (Å²) < 4.78 is 7.79. The lowest BCUT2D eigenvalue weighted by molar-refractivity contribution is -0.0326. The first-order valence-corrected chi connectivity index (χ1v) is 7.30. The van der Waals surface area contributed by atoms with Gasteiger partial charge in [-0.2, -0.15) is 0 Å². The average molecular weight is 283 g/mol. The number of nitrogens with zero attached hydrogens (tertiary/aromatic N) is 3. The van der Waals surface area contributed by atoms with E-state index < -0.39 is 5.60 Å². The molecule has 0 aliphatic heterocycles. The van der Waals surface area contributed by atoms with Gasteiger partial charge in [-0.15, -0.1) is 5.10 Å². The summed E-state index contributed by atoms with van der Waals surface area (Å²) in [6.07, 6.45) is 1.96. The average Bonchev–Trinajstić information content (AvgIpc) is 2.85. The Morgan fingerprint density at radius 2 is 2.05 bits per heavy atom. The first-order valence-electron chi connectivity index (χ1n) is 7.30. The van der Waals surface area contributed by atoms with Crippen molar-refractivity contribution >= 4 is 0 Å². The third-order valence-corrected chi connectivity index (χ3v) is 3.24. The van der Waals surface area contributed by atoms with Gasteiger partial charge in [0.15, 0.2) is 0 Å². The maximum absolute atomic E-state index is 5.93. The molecule has 116 valence electrons. The molecule has 0 saturated carbocycles. The molecule has 0 saturated heterocycles. The van der Waals surface area contributed by atoms with E-state index in [1.807, 2.05) is 31.8 Å². The van der Waals surface area contributed by atoms with Crippen LogP contribution in [0.15, 0.2) is 6.20 Å². The van der Waals surface area contributed by atoms with Gasteiger partial charge in [-0.05, 0) is 27.8 Å². The van der Waals surface area contributed by atoms with Crippen molar-refractivity contribution in [1.29, 1.82) is 0 Å². The van der Waals surface area contributed by atoms with Gasteiger partial charge in [0, 0.05) is 18.6 Å². The molecule has 0 aliphatic rings. The highest BCUT2D eigenvalue weighted by Crippen LogP contribution is 2.22. The van der Waals surface area contributed by atoms with Crippen LogP contribution in [0.2, 0.25) is 0 Å². The van der Waals surface area contributed by atoms with E-state index in [0.29, 0.717) is 18.7 Å². The van der Waals surface area contributed by atoms with Crippen LogP contribution < -0.4 is 10.6 Å². The minimum Gasteiger partial charge on any atom is -0.368 e. The first kappa shape index (κ1) is 17.1. The Morgan fingerprint density at radius 1 is 1.35 bits per heavy atom. The maximum atomic E-state index is 5.93. The highest BCUT2D eigenvalue weighted by atomic mass is 16.5. The molecule has 0 fully saturated rings. The monoisotopic (exact) mass is 283 g/mol. The SMILES string of the molecule is CNC(C)COC(C)(C)c1cn(CCNC(C)C)nn1. The Morgan fingerprint density at radius 3 is 2.65 bits per heavy atom. The molecule has 1 atom stereocenters. The minimum atomic E-state index is -0.422. The lowest BCUT2D eigenvalue weighted by atomic mass is 10.1. The molecule has 2 N–H and O–H groups in total. The Hall–Kier alpha value is -0.980. The third-order valence-electron chi connectivity index (χ3n) is 3.24. The Labute approximate surface area is 122 Å². The van der Waals surface area contributed by atoms with Crippen LogP contribution in [0, 0.1) is 0 Å². The second-order valence-corrected chi connectivity index (χ2v) is 5.99. The largest absolute Gasteiger partial charge is 0.368 e. The molecule has 1 aromatic rings. The van der Waals surface area contributed by atoms with Gasteiger partial charge < -0.3 is 15.4 Å². The highest BCUT2D eigenvalue weighted by Gasteiger charge is 2.25. The quantitative estimate of drug-likeness (QED) is 0.711. The van der Waals surface area contributed by atoms with Crippen LogP contribution >= 0.6 is 0 Å².